The van der Waals surface area contributed by atoms with E-state index < -0.39 is 0 Å². The Kier molecular flexibility index (Phi) is 3.94. The van der Waals surface area contributed by atoms with Gasteiger partial charge in [-0.3, -0.25) is 4.79 Å². The molecule has 122 valence electrons. The molecule has 0 N–H and O–H groups in total. The van der Waals surface area contributed by atoms with Crippen LogP contribution in [0.5, 0.6) is 0 Å². The van der Waals surface area contributed by atoms with E-state index in [1.165, 1.54) is 0 Å². The van der Waals surface area contributed by atoms with E-state index in [4.69, 9.17) is 28.0 Å². The topological polar surface area (TPSA) is 41.9 Å². The van der Waals surface area contributed by atoms with E-state index in [1.807, 2.05) is 30.3 Å². The highest BCUT2D eigenvalue weighted by Gasteiger charge is 2.44. The van der Waals surface area contributed by atoms with E-state index in [0.29, 0.717) is 28.7 Å². The smallest absolute Gasteiger partial charge is 0.254 e. The molecule has 2 unspecified atom stereocenters. The van der Waals surface area contributed by atoms with E-state index in [2.05, 4.69) is 5.16 Å². The van der Waals surface area contributed by atoms with Gasteiger partial charge in [-0.2, -0.15) is 0 Å². The lowest BCUT2D eigenvalue weighted by atomic mass is 9.95. The summed E-state index contributed by atoms with van der Waals surface area (Å²) < 4.78 is 0. The molecule has 2 aliphatic heterocycles. The van der Waals surface area contributed by atoms with Crippen molar-refractivity contribution in [1.82, 2.24) is 4.90 Å². The molecule has 0 saturated carbocycles. The van der Waals surface area contributed by atoms with Crippen molar-refractivity contribution in [3.63, 3.8) is 0 Å². The monoisotopic (exact) mass is 360 g/mol. The van der Waals surface area contributed by atoms with Crippen molar-refractivity contribution in [3.05, 3.63) is 69.7 Å². The van der Waals surface area contributed by atoms with Gasteiger partial charge in [0.2, 0.25) is 0 Å². The maximum atomic E-state index is 12.7. The molecule has 2 aromatic rings. The first-order valence-electron chi connectivity index (χ1n) is 7.67. The molecule has 1 fully saturated rings. The Hall–Kier alpha value is -2.04. The molecule has 0 aliphatic carbocycles. The van der Waals surface area contributed by atoms with Gasteiger partial charge in [0.05, 0.1) is 28.2 Å². The molecular formula is C18H14Cl2N2O2. The zero-order chi connectivity index (χ0) is 16.7. The predicted octanol–water partition coefficient (Wildman–Crippen LogP) is 3.87. The Labute approximate surface area is 149 Å². The molecule has 4 rings (SSSR count). The molecule has 0 spiro atoms. The molecule has 4 nitrogen and oxygen atoms in total. The van der Waals surface area contributed by atoms with Gasteiger partial charge in [0.25, 0.3) is 5.91 Å². The standard InChI is InChI=1S/C18H14Cl2N2O2/c19-14-7-6-12(8-15(14)20)18(23)22-9-13-16(10-22)24-21-17(13)11-4-2-1-3-5-11/h1-8,13,16H,9-10H2. The normalized spacial score (nSPS) is 22.1. The number of likely N-dealkylation sites (tertiary alicyclic amines) is 1. The second kappa shape index (κ2) is 6.11. The fourth-order valence-corrected chi connectivity index (χ4v) is 3.49. The minimum absolute atomic E-state index is 0.0704. The lowest BCUT2D eigenvalue weighted by Gasteiger charge is -2.17. The molecule has 2 heterocycles. The maximum Gasteiger partial charge on any atom is 0.254 e. The van der Waals surface area contributed by atoms with Crippen molar-refractivity contribution in [2.45, 2.75) is 6.10 Å². The highest BCUT2D eigenvalue weighted by atomic mass is 35.5. The van der Waals surface area contributed by atoms with Gasteiger partial charge >= 0.3 is 0 Å². The van der Waals surface area contributed by atoms with Gasteiger partial charge < -0.3 is 9.74 Å². The van der Waals surface area contributed by atoms with Crippen LogP contribution in [0.3, 0.4) is 0 Å². The van der Waals surface area contributed by atoms with Crippen molar-refractivity contribution in [1.29, 1.82) is 0 Å². The molecule has 1 amide bonds. The Balaban J connectivity index is 1.53. The van der Waals surface area contributed by atoms with E-state index in [-0.39, 0.29) is 17.9 Å². The van der Waals surface area contributed by atoms with Crippen LogP contribution < -0.4 is 0 Å². The lowest BCUT2D eigenvalue weighted by molar-refractivity contribution is 0.0631. The minimum atomic E-state index is -0.0908. The fourth-order valence-electron chi connectivity index (χ4n) is 3.19. The van der Waals surface area contributed by atoms with Gasteiger partial charge in [0.15, 0.2) is 6.10 Å². The second-order valence-corrected chi connectivity index (χ2v) is 6.75. The molecule has 0 aromatic heterocycles. The number of amides is 1. The van der Waals surface area contributed by atoms with Gasteiger partial charge in [0, 0.05) is 12.1 Å². The summed E-state index contributed by atoms with van der Waals surface area (Å²) in [6.45, 7) is 1.10. The van der Waals surface area contributed by atoms with Crippen LogP contribution in [0.25, 0.3) is 0 Å². The number of carbonyl (C=O) groups is 1. The van der Waals surface area contributed by atoms with E-state index in [0.717, 1.165) is 11.3 Å². The zero-order valence-corrected chi connectivity index (χ0v) is 14.2. The Morgan fingerprint density at radius 1 is 1.08 bits per heavy atom. The lowest BCUT2D eigenvalue weighted by Crippen LogP contribution is -2.30. The van der Waals surface area contributed by atoms with Crippen LogP contribution in [-0.4, -0.2) is 35.7 Å². The summed E-state index contributed by atoms with van der Waals surface area (Å²) in [6.07, 6.45) is -0.0908. The van der Waals surface area contributed by atoms with Crippen molar-refractivity contribution < 1.29 is 9.63 Å². The number of benzene rings is 2. The fraction of sp³-hybridized carbons (Fsp3) is 0.222. The number of oxime groups is 1. The number of rotatable bonds is 2. The maximum absolute atomic E-state index is 12.7. The van der Waals surface area contributed by atoms with Crippen LogP contribution in [0.4, 0.5) is 0 Å². The highest BCUT2D eigenvalue weighted by Crippen LogP contribution is 2.31. The van der Waals surface area contributed by atoms with E-state index >= 15 is 0 Å². The summed E-state index contributed by atoms with van der Waals surface area (Å²) in [5.41, 5.74) is 2.47. The van der Waals surface area contributed by atoms with Crippen LogP contribution in [0, 0.1) is 5.92 Å². The van der Waals surface area contributed by atoms with Gasteiger partial charge in [-0.25, -0.2) is 0 Å². The summed E-state index contributed by atoms with van der Waals surface area (Å²) in [5, 5.41) is 5.04. The van der Waals surface area contributed by atoms with Crippen molar-refractivity contribution in [3.8, 4) is 0 Å². The van der Waals surface area contributed by atoms with Gasteiger partial charge in [-0.15, -0.1) is 0 Å². The molecule has 0 radical (unpaired) electrons. The van der Waals surface area contributed by atoms with Crippen LogP contribution in [0.1, 0.15) is 15.9 Å². The third-order valence-corrected chi connectivity index (χ3v) is 5.17. The zero-order valence-electron chi connectivity index (χ0n) is 12.7. The molecule has 2 aliphatic rings. The SMILES string of the molecule is O=C(c1ccc(Cl)c(Cl)c1)N1CC2ON=C(c3ccccc3)C2C1. The van der Waals surface area contributed by atoms with Gasteiger partial charge in [0.1, 0.15) is 0 Å². The number of nitrogens with zero attached hydrogens (tertiary/aromatic N) is 2. The average molecular weight is 361 g/mol. The first-order valence-corrected chi connectivity index (χ1v) is 8.42. The van der Waals surface area contributed by atoms with Crippen LogP contribution in [0.15, 0.2) is 53.7 Å². The first kappa shape index (κ1) is 15.5. The molecule has 2 aromatic carbocycles. The minimum Gasteiger partial charge on any atom is -0.390 e. The first-order chi connectivity index (χ1) is 11.6. The number of halogens is 2. The quantitative estimate of drug-likeness (QED) is 0.815. The number of hydrogen-bond acceptors (Lipinski definition) is 3. The number of hydrogen-bond donors (Lipinski definition) is 0. The third kappa shape index (κ3) is 2.66. The largest absolute Gasteiger partial charge is 0.390 e. The van der Waals surface area contributed by atoms with Crippen LogP contribution in [0.2, 0.25) is 10.0 Å². The average Bonchev–Trinajstić information content (AvgIpc) is 3.18. The van der Waals surface area contributed by atoms with Crippen molar-refractivity contribution in [2.75, 3.05) is 13.1 Å². The highest BCUT2D eigenvalue weighted by molar-refractivity contribution is 6.42. The van der Waals surface area contributed by atoms with Crippen LogP contribution in [-0.2, 0) is 4.84 Å². The van der Waals surface area contributed by atoms with E-state index in [9.17, 15) is 4.79 Å². The van der Waals surface area contributed by atoms with Crippen LogP contribution >= 0.6 is 23.2 Å². The van der Waals surface area contributed by atoms with Crippen molar-refractivity contribution in [2.24, 2.45) is 11.1 Å². The summed E-state index contributed by atoms with van der Waals surface area (Å²) in [6, 6.07) is 14.9. The molecular weight excluding hydrogens is 347 g/mol. The predicted molar refractivity (Wildman–Crippen MR) is 93.7 cm³/mol. The number of fused-ring (bicyclic) bond motifs is 1. The van der Waals surface area contributed by atoms with Gasteiger partial charge in [-0.1, -0.05) is 58.7 Å². The summed E-state index contributed by atoms with van der Waals surface area (Å²) >= 11 is 11.9. The third-order valence-electron chi connectivity index (χ3n) is 4.43. The second-order valence-electron chi connectivity index (χ2n) is 5.93. The molecule has 24 heavy (non-hydrogen) atoms. The Morgan fingerprint density at radius 3 is 2.62 bits per heavy atom. The Bertz CT molecular complexity index is 823. The summed E-state index contributed by atoms with van der Waals surface area (Å²) in [4.78, 5) is 20.0. The Morgan fingerprint density at radius 2 is 1.88 bits per heavy atom. The number of carbonyl (C=O) groups excluding carboxylic acids is 1. The molecule has 2 atom stereocenters. The molecule has 6 heteroatoms. The summed E-state index contributed by atoms with van der Waals surface area (Å²) in [7, 11) is 0. The molecule has 1 saturated heterocycles. The molecule has 0 bridgehead atoms. The van der Waals surface area contributed by atoms with Gasteiger partial charge in [-0.05, 0) is 23.8 Å². The van der Waals surface area contributed by atoms with E-state index in [1.54, 1.807) is 23.1 Å². The van der Waals surface area contributed by atoms with Crippen molar-refractivity contribution >= 4 is 34.8 Å². The summed E-state index contributed by atoms with van der Waals surface area (Å²) in [5.74, 6) is 0.0260.